The van der Waals surface area contributed by atoms with Crippen LogP contribution in [-0.4, -0.2) is 29.5 Å². The molecular formula is C13H18N2S. The maximum Gasteiger partial charge on any atom is 0.0740 e. The van der Waals surface area contributed by atoms with E-state index in [-0.39, 0.29) is 0 Å². The van der Waals surface area contributed by atoms with Crippen LogP contribution in [0.1, 0.15) is 17.5 Å². The van der Waals surface area contributed by atoms with Crippen molar-refractivity contribution in [3.63, 3.8) is 0 Å². The molecule has 1 aromatic carbocycles. The minimum atomic E-state index is 0.627. The molecule has 2 N–H and O–H groups in total. The number of benzene rings is 1. The van der Waals surface area contributed by atoms with Gasteiger partial charge in [-0.25, -0.2) is 0 Å². The van der Waals surface area contributed by atoms with Gasteiger partial charge in [-0.2, -0.15) is 0 Å². The first kappa shape index (κ1) is 11.6. The maximum absolute atomic E-state index is 5.54. The van der Waals surface area contributed by atoms with Gasteiger partial charge in [-0.05, 0) is 24.0 Å². The van der Waals surface area contributed by atoms with Crippen molar-refractivity contribution in [1.82, 2.24) is 4.90 Å². The summed E-state index contributed by atoms with van der Waals surface area (Å²) in [5.74, 6) is 0. The van der Waals surface area contributed by atoms with Crippen molar-refractivity contribution in [2.75, 3.05) is 19.6 Å². The van der Waals surface area contributed by atoms with Crippen molar-refractivity contribution >= 4 is 17.2 Å². The number of hydrogen-bond acceptors (Lipinski definition) is 2. The highest BCUT2D eigenvalue weighted by molar-refractivity contribution is 7.80. The van der Waals surface area contributed by atoms with Crippen LogP contribution >= 0.6 is 12.2 Å². The van der Waals surface area contributed by atoms with Crippen LogP contribution in [0.2, 0.25) is 0 Å². The Kier molecular flexibility index (Phi) is 3.91. The Morgan fingerprint density at radius 1 is 1.19 bits per heavy atom. The molecule has 0 fully saturated rings. The molecule has 0 aliphatic carbocycles. The molecule has 2 nitrogen and oxygen atoms in total. The van der Waals surface area contributed by atoms with Crippen molar-refractivity contribution in [3.05, 3.63) is 35.4 Å². The third-order valence-electron chi connectivity index (χ3n) is 3.19. The second-order valence-corrected chi connectivity index (χ2v) is 4.85. The minimum absolute atomic E-state index is 0.627. The summed E-state index contributed by atoms with van der Waals surface area (Å²) in [7, 11) is 0. The molecule has 1 aliphatic rings. The van der Waals surface area contributed by atoms with Crippen LogP contribution in [0.5, 0.6) is 0 Å². The summed E-state index contributed by atoms with van der Waals surface area (Å²) in [5, 5.41) is 0. The Morgan fingerprint density at radius 2 is 1.75 bits per heavy atom. The fourth-order valence-corrected chi connectivity index (χ4v) is 2.30. The van der Waals surface area contributed by atoms with Gasteiger partial charge < -0.3 is 10.6 Å². The monoisotopic (exact) mass is 234 g/mol. The molecule has 1 aliphatic heterocycles. The van der Waals surface area contributed by atoms with Crippen LogP contribution in [0.25, 0.3) is 0 Å². The van der Waals surface area contributed by atoms with Gasteiger partial charge in [0.05, 0.1) is 4.99 Å². The predicted molar refractivity (Wildman–Crippen MR) is 71.7 cm³/mol. The van der Waals surface area contributed by atoms with Crippen molar-refractivity contribution in [2.24, 2.45) is 5.73 Å². The maximum atomic E-state index is 5.54. The van der Waals surface area contributed by atoms with E-state index in [4.69, 9.17) is 18.0 Å². The van der Waals surface area contributed by atoms with Crippen LogP contribution in [-0.2, 0) is 12.8 Å². The Labute approximate surface area is 102 Å². The van der Waals surface area contributed by atoms with Gasteiger partial charge in [0, 0.05) is 26.1 Å². The lowest BCUT2D eigenvalue weighted by Crippen LogP contribution is -2.29. The predicted octanol–water partition coefficient (Wildman–Crippen LogP) is 1.76. The van der Waals surface area contributed by atoms with E-state index >= 15 is 0 Å². The first-order valence-corrected chi connectivity index (χ1v) is 6.24. The minimum Gasteiger partial charge on any atom is -0.393 e. The number of nitrogens with zero attached hydrogens (tertiary/aromatic N) is 1. The fourth-order valence-electron chi connectivity index (χ4n) is 2.21. The number of rotatable bonds is 3. The van der Waals surface area contributed by atoms with Gasteiger partial charge in [0.15, 0.2) is 0 Å². The van der Waals surface area contributed by atoms with E-state index in [9.17, 15) is 0 Å². The van der Waals surface area contributed by atoms with Crippen molar-refractivity contribution in [3.8, 4) is 0 Å². The molecule has 3 heteroatoms. The molecule has 0 aromatic heterocycles. The first-order chi connectivity index (χ1) is 7.75. The lowest BCUT2D eigenvalue weighted by atomic mass is 10.0. The molecule has 0 bridgehead atoms. The van der Waals surface area contributed by atoms with Gasteiger partial charge in [-0.1, -0.05) is 36.5 Å². The number of nitrogens with two attached hydrogens (primary N) is 1. The largest absolute Gasteiger partial charge is 0.393 e. The quantitative estimate of drug-likeness (QED) is 0.808. The molecule has 0 atom stereocenters. The normalized spacial score (nSPS) is 16.5. The average molecular weight is 234 g/mol. The average Bonchev–Trinajstić information content (AvgIpc) is 2.49. The molecule has 1 heterocycles. The second kappa shape index (κ2) is 5.41. The van der Waals surface area contributed by atoms with Gasteiger partial charge in [0.25, 0.3) is 0 Å². The number of hydrogen-bond donors (Lipinski definition) is 1. The standard InChI is InChI=1S/C13H18N2S/c14-13(16)7-10-15-8-5-11-3-1-2-4-12(11)6-9-15/h1-4H,5-10H2,(H2,14,16). The summed E-state index contributed by atoms with van der Waals surface area (Å²) >= 11 is 4.92. The fraction of sp³-hybridized carbons (Fsp3) is 0.462. The van der Waals surface area contributed by atoms with Gasteiger partial charge in [-0.3, -0.25) is 0 Å². The van der Waals surface area contributed by atoms with E-state index in [0.717, 1.165) is 38.9 Å². The van der Waals surface area contributed by atoms with Gasteiger partial charge in [0.2, 0.25) is 0 Å². The summed E-state index contributed by atoms with van der Waals surface area (Å²) in [6.07, 6.45) is 3.13. The molecule has 0 radical (unpaired) electrons. The molecule has 16 heavy (non-hydrogen) atoms. The molecule has 0 spiro atoms. The van der Waals surface area contributed by atoms with Crippen LogP contribution < -0.4 is 5.73 Å². The highest BCUT2D eigenvalue weighted by atomic mass is 32.1. The Bertz CT molecular complexity index is 349. The number of fused-ring (bicyclic) bond motifs is 1. The van der Waals surface area contributed by atoms with Crippen molar-refractivity contribution in [1.29, 1.82) is 0 Å². The third-order valence-corrected chi connectivity index (χ3v) is 3.39. The number of thiocarbonyl (C=S) groups is 1. The van der Waals surface area contributed by atoms with Gasteiger partial charge in [-0.15, -0.1) is 0 Å². The summed E-state index contributed by atoms with van der Waals surface area (Å²) in [6, 6.07) is 8.74. The molecule has 1 aromatic rings. The van der Waals surface area contributed by atoms with E-state index < -0.39 is 0 Å². The zero-order chi connectivity index (χ0) is 11.4. The zero-order valence-electron chi connectivity index (χ0n) is 9.48. The van der Waals surface area contributed by atoms with Crippen LogP contribution in [0.15, 0.2) is 24.3 Å². The molecule has 0 saturated heterocycles. The third kappa shape index (κ3) is 3.03. The van der Waals surface area contributed by atoms with Gasteiger partial charge in [0.1, 0.15) is 0 Å². The molecular weight excluding hydrogens is 216 g/mol. The van der Waals surface area contributed by atoms with Crippen LogP contribution in [0, 0.1) is 0 Å². The topological polar surface area (TPSA) is 29.3 Å². The highest BCUT2D eigenvalue weighted by Gasteiger charge is 2.12. The van der Waals surface area contributed by atoms with Crippen molar-refractivity contribution in [2.45, 2.75) is 19.3 Å². The van der Waals surface area contributed by atoms with Gasteiger partial charge >= 0.3 is 0 Å². The summed E-state index contributed by atoms with van der Waals surface area (Å²) < 4.78 is 0. The second-order valence-electron chi connectivity index (χ2n) is 4.33. The SMILES string of the molecule is NC(=S)CCN1CCc2ccccc2CC1. The molecule has 86 valence electrons. The molecule has 0 amide bonds. The van der Waals surface area contributed by atoms with Crippen LogP contribution in [0.3, 0.4) is 0 Å². The van der Waals surface area contributed by atoms with E-state index in [1.54, 1.807) is 0 Å². The molecule has 2 rings (SSSR count). The van der Waals surface area contributed by atoms with E-state index in [1.165, 1.54) is 11.1 Å². The smallest absolute Gasteiger partial charge is 0.0740 e. The Morgan fingerprint density at radius 3 is 2.25 bits per heavy atom. The summed E-state index contributed by atoms with van der Waals surface area (Å²) in [5.41, 5.74) is 8.54. The first-order valence-electron chi connectivity index (χ1n) is 5.83. The van der Waals surface area contributed by atoms with E-state index in [1.807, 2.05) is 0 Å². The van der Waals surface area contributed by atoms with Crippen LogP contribution in [0.4, 0.5) is 0 Å². The molecule has 0 saturated carbocycles. The summed E-state index contributed by atoms with van der Waals surface area (Å²) in [6.45, 7) is 3.25. The Balaban J connectivity index is 1.94. The highest BCUT2D eigenvalue weighted by Crippen LogP contribution is 2.15. The Hall–Kier alpha value is -0.930. The van der Waals surface area contributed by atoms with E-state index in [2.05, 4.69) is 29.2 Å². The molecule has 0 unspecified atom stereocenters. The summed E-state index contributed by atoms with van der Waals surface area (Å²) in [4.78, 5) is 3.08. The zero-order valence-corrected chi connectivity index (χ0v) is 10.3. The lowest BCUT2D eigenvalue weighted by molar-refractivity contribution is 0.296. The van der Waals surface area contributed by atoms with Crippen molar-refractivity contribution < 1.29 is 0 Å². The lowest BCUT2D eigenvalue weighted by Gasteiger charge is -2.18. The van der Waals surface area contributed by atoms with E-state index in [0.29, 0.717) is 4.99 Å².